The fourth-order valence-electron chi connectivity index (χ4n) is 4.73. The molecule has 1 heterocycles. The van der Waals surface area contributed by atoms with Gasteiger partial charge in [0.1, 0.15) is 6.04 Å². The van der Waals surface area contributed by atoms with Crippen LogP contribution in [0, 0.1) is 0 Å². The monoisotopic (exact) mass is 562 g/mol. The van der Waals surface area contributed by atoms with E-state index in [1.54, 1.807) is 19.1 Å². The quantitative estimate of drug-likeness (QED) is 0.368. The van der Waals surface area contributed by atoms with E-state index in [1.807, 2.05) is 0 Å². The van der Waals surface area contributed by atoms with Crippen LogP contribution in [0.25, 0.3) is 0 Å². The fourth-order valence-corrected chi connectivity index (χ4v) is 6.82. The number of sulfonamides is 1. The highest BCUT2D eigenvalue weighted by Crippen LogP contribution is 2.35. The highest BCUT2D eigenvalue weighted by atomic mass is 79.9. The van der Waals surface area contributed by atoms with Crippen LogP contribution < -0.4 is 4.90 Å². The molecule has 0 bridgehead atoms. The number of imide groups is 1. The Morgan fingerprint density at radius 3 is 2.26 bits per heavy atom. The SMILES string of the molecule is CCOC(=O)c1ccc(N2C(=O)CC(N(C3CCCCC3)S(=O)(=O)c3ccc(Br)cc3)C2=O)cc1. The Labute approximate surface area is 213 Å². The van der Waals surface area contributed by atoms with E-state index in [0.29, 0.717) is 24.1 Å². The summed E-state index contributed by atoms with van der Waals surface area (Å²) in [5.74, 6) is -1.55. The molecule has 2 amide bonds. The van der Waals surface area contributed by atoms with Crippen LogP contribution in [-0.2, 0) is 24.3 Å². The summed E-state index contributed by atoms with van der Waals surface area (Å²) in [4.78, 5) is 39.6. The van der Waals surface area contributed by atoms with Crippen molar-refractivity contribution in [3.63, 3.8) is 0 Å². The molecule has 0 spiro atoms. The average molecular weight is 563 g/mol. The Bertz CT molecular complexity index is 1210. The van der Waals surface area contributed by atoms with Crippen LogP contribution >= 0.6 is 15.9 Å². The molecule has 1 aliphatic heterocycles. The molecule has 35 heavy (non-hydrogen) atoms. The van der Waals surface area contributed by atoms with Gasteiger partial charge in [-0.1, -0.05) is 35.2 Å². The summed E-state index contributed by atoms with van der Waals surface area (Å²) in [6, 6.07) is 10.8. The molecule has 2 aromatic carbocycles. The van der Waals surface area contributed by atoms with E-state index >= 15 is 0 Å². The van der Waals surface area contributed by atoms with Crippen molar-refractivity contribution >= 4 is 49.4 Å². The summed E-state index contributed by atoms with van der Waals surface area (Å²) in [6.07, 6.45) is 3.80. The molecule has 8 nitrogen and oxygen atoms in total. The number of hydrogen-bond acceptors (Lipinski definition) is 6. The predicted molar refractivity (Wildman–Crippen MR) is 133 cm³/mol. The minimum atomic E-state index is -4.04. The number of nitrogens with zero attached hydrogens (tertiary/aromatic N) is 2. The average Bonchev–Trinajstić information content (AvgIpc) is 3.13. The summed E-state index contributed by atoms with van der Waals surface area (Å²) in [5.41, 5.74) is 0.591. The summed E-state index contributed by atoms with van der Waals surface area (Å²) >= 11 is 3.32. The maximum atomic E-state index is 13.8. The predicted octanol–water partition coefficient (Wildman–Crippen LogP) is 4.28. The molecule has 1 unspecified atom stereocenters. The zero-order valence-electron chi connectivity index (χ0n) is 19.4. The van der Waals surface area contributed by atoms with Crippen LogP contribution in [-0.4, -0.2) is 49.2 Å². The Balaban J connectivity index is 1.67. The van der Waals surface area contributed by atoms with Gasteiger partial charge >= 0.3 is 5.97 Å². The van der Waals surface area contributed by atoms with Crippen LogP contribution in [0.1, 0.15) is 55.8 Å². The first kappa shape index (κ1) is 25.5. The minimum absolute atomic E-state index is 0.0868. The Morgan fingerprint density at radius 2 is 1.66 bits per heavy atom. The molecule has 1 saturated carbocycles. The van der Waals surface area contributed by atoms with Crippen LogP contribution in [0.2, 0.25) is 0 Å². The van der Waals surface area contributed by atoms with Crippen molar-refractivity contribution in [3.8, 4) is 0 Å². The third-order valence-corrected chi connectivity index (χ3v) is 8.89. The summed E-state index contributed by atoms with van der Waals surface area (Å²) in [5, 5.41) is 0. The van der Waals surface area contributed by atoms with E-state index in [4.69, 9.17) is 4.74 Å². The maximum absolute atomic E-state index is 13.8. The number of hydrogen-bond donors (Lipinski definition) is 0. The molecular formula is C25H27BrN2O6S. The highest BCUT2D eigenvalue weighted by Gasteiger charge is 2.49. The van der Waals surface area contributed by atoms with Crippen LogP contribution in [0.4, 0.5) is 5.69 Å². The van der Waals surface area contributed by atoms with Gasteiger partial charge in [-0.3, -0.25) is 9.59 Å². The van der Waals surface area contributed by atoms with Crippen LogP contribution in [0.5, 0.6) is 0 Å². The minimum Gasteiger partial charge on any atom is -0.462 e. The molecule has 1 atom stereocenters. The molecule has 186 valence electrons. The van der Waals surface area contributed by atoms with Crippen molar-refractivity contribution in [2.45, 2.75) is 62.4 Å². The van der Waals surface area contributed by atoms with Gasteiger partial charge in [0.15, 0.2) is 0 Å². The van der Waals surface area contributed by atoms with E-state index in [9.17, 15) is 22.8 Å². The van der Waals surface area contributed by atoms with Crippen molar-refractivity contribution in [2.24, 2.45) is 0 Å². The van der Waals surface area contributed by atoms with Crippen LogP contribution in [0.3, 0.4) is 0 Å². The maximum Gasteiger partial charge on any atom is 0.338 e. The third-order valence-electron chi connectivity index (χ3n) is 6.39. The van der Waals surface area contributed by atoms with Crippen molar-refractivity contribution in [3.05, 3.63) is 58.6 Å². The Morgan fingerprint density at radius 1 is 1.03 bits per heavy atom. The molecule has 0 aromatic heterocycles. The number of esters is 1. The van der Waals surface area contributed by atoms with Gasteiger partial charge in [-0.15, -0.1) is 0 Å². The fraction of sp³-hybridized carbons (Fsp3) is 0.400. The van der Waals surface area contributed by atoms with Crippen molar-refractivity contribution < 1.29 is 27.5 Å². The summed E-state index contributed by atoms with van der Waals surface area (Å²) < 4.78 is 34.6. The largest absolute Gasteiger partial charge is 0.462 e. The molecule has 0 N–H and O–H groups in total. The second kappa shape index (κ2) is 10.6. The molecule has 2 aromatic rings. The van der Waals surface area contributed by atoms with E-state index in [-0.39, 0.29) is 24.0 Å². The number of carbonyl (C=O) groups excluding carboxylic acids is 3. The first-order valence-corrected chi connectivity index (χ1v) is 13.9. The summed E-state index contributed by atoms with van der Waals surface area (Å²) in [7, 11) is -4.04. The zero-order valence-corrected chi connectivity index (χ0v) is 21.8. The van der Waals surface area contributed by atoms with E-state index in [1.165, 1.54) is 40.7 Å². The molecule has 2 fully saturated rings. The molecule has 0 radical (unpaired) electrons. The van der Waals surface area contributed by atoms with Crippen molar-refractivity contribution in [1.82, 2.24) is 4.31 Å². The van der Waals surface area contributed by atoms with Gasteiger partial charge in [0.2, 0.25) is 15.9 Å². The Hall–Kier alpha value is -2.56. The van der Waals surface area contributed by atoms with Gasteiger partial charge in [-0.2, -0.15) is 4.31 Å². The number of benzene rings is 2. The number of ether oxygens (including phenoxy) is 1. The highest BCUT2D eigenvalue weighted by molar-refractivity contribution is 9.10. The molecule has 10 heteroatoms. The standard InChI is InChI=1S/C25H27BrN2O6S/c1-2-34-25(31)17-8-12-19(13-9-17)27-23(29)16-22(24(27)30)28(20-6-4-3-5-7-20)35(32,33)21-14-10-18(26)11-15-21/h8-15,20,22H,2-7,16H2,1H3. The van der Waals surface area contributed by atoms with Gasteiger partial charge in [0.25, 0.3) is 5.91 Å². The lowest BCUT2D eigenvalue weighted by molar-refractivity contribution is -0.122. The normalized spacial score (nSPS) is 19.4. The van der Waals surface area contributed by atoms with Crippen molar-refractivity contribution in [1.29, 1.82) is 0 Å². The number of carbonyl (C=O) groups is 3. The number of amides is 2. The van der Waals surface area contributed by atoms with Gasteiger partial charge < -0.3 is 4.74 Å². The lowest BCUT2D eigenvalue weighted by Gasteiger charge is -2.36. The first-order valence-electron chi connectivity index (χ1n) is 11.7. The van der Waals surface area contributed by atoms with E-state index in [2.05, 4.69) is 15.9 Å². The number of anilines is 1. The zero-order chi connectivity index (χ0) is 25.2. The van der Waals surface area contributed by atoms with E-state index < -0.39 is 33.8 Å². The van der Waals surface area contributed by atoms with Gasteiger partial charge in [-0.25, -0.2) is 18.1 Å². The summed E-state index contributed by atoms with van der Waals surface area (Å²) in [6.45, 7) is 1.93. The van der Waals surface area contributed by atoms with E-state index in [0.717, 1.165) is 28.6 Å². The molecule has 2 aliphatic rings. The lowest BCUT2D eigenvalue weighted by Crippen LogP contribution is -2.51. The molecule has 1 aliphatic carbocycles. The topological polar surface area (TPSA) is 101 Å². The van der Waals surface area contributed by atoms with Gasteiger partial charge in [0, 0.05) is 10.5 Å². The van der Waals surface area contributed by atoms with Gasteiger partial charge in [-0.05, 0) is 68.3 Å². The first-order chi connectivity index (χ1) is 16.7. The molecular weight excluding hydrogens is 536 g/mol. The second-order valence-electron chi connectivity index (χ2n) is 8.64. The van der Waals surface area contributed by atoms with Gasteiger partial charge in [0.05, 0.1) is 29.2 Å². The third kappa shape index (κ3) is 5.19. The molecule has 4 rings (SSSR count). The lowest BCUT2D eigenvalue weighted by atomic mass is 9.94. The van der Waals surface area contributed by atoms with Crippen molar-refractivity contribution in [2.75, 3.05) is 11.5 Å². The Kier molecular flexibility index (Phi) is 7.73. The molecule has 1 saturated heterocycles. The number of halogens is 1. The number of rotatable bonds is 7. The van der Waals surface area contributed by atoms with Crippen LogP contribution in [0.15, 0.2) is 57.9 Å². The smallest absolute Gasteiger partial charge is 0.338 e. The second-order valence-corrected chi connectivity index (χ2v) is 11.4.